The van der Waals surface area contributed by atoms with Gasteiger partial charge in [-0.05, 0) is 32.1 Å². The second-order valence-corrected chi connectivity index (χ2v) is 7.46. The number of carbonyl (C=O) groups excluding carboxylic acids is 1. The van der Waals surface area contributed by atoms with Crippen LogP contribution in [-0.2, 0) is 10.5 Å². The predicted molar refractivity (Wildman–Crippen MR) is 119 cm³/mol. The van der Waals surface area contributed by atoms with Gasteiger partial charge >= 0.3 is 0 Å². The number of ketones is 1. The molecule has 3 aromatic carbocycles. The van der Waals surface area contributed by atoms with Crippen molar-refractivity contribution in [2.45, 2.75) is 12.6 Å². The van der Waals surface area contributed by atoms with Gasteiger partial charge in [0.25, 0.3) is 0 Å². The molecule has 0 aliphatic carbocycles. The van der Waals surface area contributed by atoms with E-state index in [-0.39, 0.29) is 5.78 Å². The second-order valence-electron chi connectivity index (χ2n) is 7.46. The third-order valence-corrected chi connectivity index (χ3v) is 5.69. The molecular formula is C26H26N2O. The Morgan fingerprint density at radius 2 is 1.24 bits per heavy atom. The molecule has 3 nitrogen and oxygen atoms in total. The van der Waals surface area contributed by atoms with E-state index in [2.05, 4.69) is 36.1 Å². The summed E-state index contributed by atoms with van der Waals surface area (Å²) in [4.78, 5) is 18.6. The van der Waals surface area contributed by atoms with Crippen molar-refractivity contribution in [2.24, 2.45) is 0 Å². The highest BCUT2D eigenvalue weighted by atomic mass is 16.1. The van der Waals surface area contributed by atoms with Gasteiger partial charge in [-0.1, -0.05) is 91.0 Å². The van der Waals surface area contributed by atoms with Crippen molar-refractivity contribution in [1.29, 1.82) is 0 Å². The number of carbonyl (C=O) groups is 1. The van der Waals surface area contributed by atoms with Crippen LogP contribution in [0.25, 0.3) is 11.3 Å². The molecule has 3 aromatic rings. The van der Waals surface area contributed by atoms with Gasteiger partial charge in [0.2, 0.25) is 5.78 Å². The SMILES string of the molecule is CCN1C(c2ccccc2)=C(c2ccccc2)C(=O)C1(c1ccccc1)N(C)C. The Balaban J connectivity index is 2.06. The van der Waals surface area contributed by atoms with Gasteiger partial charge in [0.05, 0.1) is 11.3 Å². The minimum absolute atomic E-state index is 0.112. The Kier molecular flexibility index (Phi) is 5.08. The van der Waals surface area contributed by atoms with Gasteiger partial charge in [-0.25, -0.2) is 0 Å². The van der Waals surface area contributed by atoms with Crippen molar-refractivity contribution in [3.8, 4) is 0 Å². The zero-order valence-corrected chi connectivity index (χ0v) is 17.2. The average molecular weight is 383 g/mol. The maximum Gasteiger partial charge on any atom is 0.210 e. The zero-order chi connectivity index (χ0) is 20.4. The Bertz CT molecular complexity index is 1030. The molecule has 1 aliphatic heterocycles. The van der Waals surface area contributed by atoms with Crippen molar-refractivity contribution in [3.63, 3.8) is 0 Å². The topological polar surface area (TPSA) is 23.6 Å². The van der Waals surface area contributed by atoms with E-state index in [4.69, 9.17) is 0 Å². The molecule has 0 amide bonds. The molecule has 1 unspecified atom stereocenters. The molecule has 0 fully saturated rings. The van der Waals surface area contributed by atoms with E-state index in [0.29, 0.717) is 6.54 Å². The summed E-state index contributed by atoms with van der Waals surface area (Å²) in [7, 11) is 3.98. The van der Waals surface area contributed by atoms with Gasteiger partial charge < -0.3 is 4.90 Å². The Morgan fingerprint density at radius 3 is 1.72 bits per heavy atom. The first kappa shape index (κ1) is 19.2. The Hall–Kier alpha value is -3.17. The zero-order valence-electron chi connectivity index (χ0n) is 17.2. The molecule has 146 valence electrons. The molecule has 1 heterocycles. The summed E-state index contributed by atoms with van der Waals surface area (Å²) >= 11 is 0. The molecule has 0 saturated heterocycles. The summed E-state index contributed by atoms with van der Waals surface area (Å²) in [6.45, 7) is 2.82. The van der Waals surface area contributed by atoms with Gasteiger partial charge in [0, 0.05) is 12.1 Å². The van der Waals surface area contributed by atoms with E-state index in [9.17, 15) is 4.79 Å². The highest BCUT2D eigenvalue weighted by Gasteiger charge is 2.55. The van der Waals surface area contributed by atoms with Crippen LogP contribution in [0.3, 0.4) is 0 Å². The number of hydrogen-bond acceptors (Lipinski definition) is 3. The normalized spacial score (nSPS) is 19.3. The number of likely N-dealkylation sites (N-methyl/N-ethyl adjacent to an activating group) is 2. The van der Waals surface area contributed by atoms with Gasteiger partial charge in [-0.3, -0.25) is 9.69 Å². The van der Waals surface area contributed by atoms with Crippen LogP contribution in [-0.4, -0.2) is 36.2 Å². The smallest absolute Gasteiger partial charge is 0.210 e. The van der Waals surface area contributed by atoms with Crippen molar-refractivity contribution in [3.05, 3.63) is 108 Å². The first-order valence-corrected chi connectivity index (χ1v) is 10.0. The van der Waals surface area contributed by atoms with Crippen molar-refractivity contribution >= 4 is 17.1 Å². The third-order valence-electron chi connectivity index (χ3n) is 5.69. The van der Waals surface area contributed by atoms with E-state index in [0.717, 1.165) is 28.0 Å². The fourth-order valence-electron chi connectivity index (χ4n) is 4.52. The predicted octanol–water partition coefficient (Wildman–Crippen LogP) is 4.87. The quantitative estimate of drug-likeness (QED) is 0.629. The Morgan fingerprint density at radius 1 is 0.759 bits per heavy atom. The lowest BCUT2D eigenvalue weighted by Crippen LogP contribution is -2.56. The fraction of sp³-hybridized carbons (Fsp3) is 0.192. The summed E-state index contributed by atoms with van der Waals surface area (Å²) in [5, 5.41) is 0. The van der Waals surface area contributed by atoms with E-state index in [1.807, 2.05) is 85.7 Å². The highest BCUT2D eigenvalue weighted by molar-refractivity contribution is 6.34. The molecule has 0 bridgehead atoms. The lowest BCUT2D eigenvalue weighted by atomic mass is 9.89. The highest BCUT2D eigenvalue weighted by Crippen LogP contribution is 2.49. The van der Waals surface area contributed by atoms with Gasteiger partial charge in [0.15, 0.2) is 5.66 Å². The van der Waals surface area contributed by atoms with Crippen molar-refractivity contribution in [2.75, 3.05) is 20.6 Å². The largest absolute Gasteiger partial charge is 0.342 e. The minimum Gasteiger partial charge on any atom is -0.342 e. The van der Waals surface area contributed by atoms with E-state index in [1.54, 1.807) is 0 Å². The molecular weight excluding hydrogens is 356 g/mol. The minimum atomic E-state index is -0.883. The number of nitrogens with zero attached hydrogens (tertiary/aromatic N) is 2. The van der Waals surface area contributed by atoms with Crippen LogP contribution in [0.4, 0.5) is 0 Å². The van der Waals surface area contributed by atoms with Crippen molar-refractivity contribution in [1.82, 2.24) is 9.80 Å². The van der Waals surface area contributed by atoms with Crippen LogP contribution < -0.4 is 0 Å². The first-order valence-electron chi connectivity index (χ1n) is 10.0. The summed E-state index contributed by atoms with van der Waals surface area (Å²) in [6, 6.07) is 30.4. The number of rotatable bonds is 5. The average Bonchev–Trinajstić information content (AvgIpc) is 3.04. The molecule has 0 aromatic heterocycles. The monoisotopic (exact) mass is 382 g/mol. The molecule has 3 heteroatoms. The number of hydrogen-bond donors (Lipinski definition) is 0. The number of benzene rings is 3. The summed E-state index contributed by atoms with van der Waals surface area (Å²) < 4.78 is 0. The lowest BCUT2D eigenvalue weighted by Gasteiger charge is -2.44. The van der Waals surface area contributed by atoms with E-state index in [1.165, 1.54) is 0 Å². The molecule has 0 saturated carbocycles. The van der Waals surface area contributed by atoms with E-state index < -0.39 is 5.66 Å². The number of Topliss-reactive ketones (excluding diaryl/α,β-unsaturated/α-hetero) is 1. The van der Waals surface area contributed by atoms with E-state index >= 15 is 0 Å². The fourth-order valence-corrected chi connectivity index (χ4v) is 4.52. The Labute approximate surface area is 172 Å². The first-order chi connectivity index (χ1) is 14.1. The molecule has 0 radical (unpaired) electrons. The summed E-state index contributed by atoms with van der Waals surface area (Å²) in [6.07, 6.45) is 0. The van der Waals surface area contributed by atoms with Crippen LogP contribution in [0.1, 0.15) is 23.6 Å². The lowest BCUT2D eigenvalue weighted by molar-refractivity contribution is -0.131. The van der Waals surface area contributed by atoms with Crippen LogP contribution in [0.2, 0.25) is 0 Å². The standard InChI is InChI=1S/C26H26N2O/c1-4-28-24(21-16-10-6-11-17-21)23(20-14-8-5-9-15-20)25(29)26(28,27(2)3)22-18-12-7-13-19-22/h5-19H,4H2,1-3H3. The van der Waals surface area contributed by atoms with Gasteiger partial charge in [0.1, 0.15) is 0 Å². The maximum absolute atomic E-state index is 14.3. The van der Waals surface area contributed by atoms with Crippen LogP contribution in [0, 0.1) is 0 Å². The summed E-state index contributed by atoms with van der Waals surface area (Å²) in [5.74, 6) is 0.112. The molecule has 1 aliphatic rings. The molecule has 29 heavy (non-hydrogen) atoms. The molecule has 0 N–H and O–H groups in total. The van der Waals surface area contributed by atoms with Crippen LogP contribution in [0.5, 0.6) is 0 Å². The van der Waals surface area contributed by atoms with Crippen LogP contribution in [0.15, 0.2) is 91.0 Å². The molecule has 1 atom stereocenters. The second kappa shape index (κ2) is 7.69. The van der Waals surface area contributed by atoms with Crippen LogP contribution >= 0.6 is 0 Å². The maximum atomic E-state index is 14.3. The van der Waals surface area contributed by atoms with Crippen molar-refractivity contribution < 1.29 is 4.79 Å². The van der Waals surface area contributed by atoms with Gasteiger partial charge in [-0.2, -0.15) is 0 Å². The molecule has 0 spiro atoms. The summed E-state index contributed by atoms with van der Waals surface area (Å²) in [5.41, 5.74) is 3.87. The van der Waals surface area contributed by atoms with Gasteiger partial charge in [-0.15, -0.1) is 0 Å². The molecule has 4 rings (SSSR count). The third kappa shape index (κ3) is 2.90.